The fourth-order valence-corrected chi connectivity index (χ4v) is 2.27. The maximum atomic E-state index is 6.21. The maximum absolute atomic E-state index is 6.21. The van der Waals surface area contributed by atoms with E-state index in [1.165, 1.54) is 0 Å². The molecule has 0 fully saturated rings. The number of nitrogens with one attached hydrogen (secondary N) is 1. The van der Waals surface area contributed by atoms with Gasteiger partial charge >= 0.3 is 0 Å². The van der Waals surface area contributed by atoms with Crippen molar-refractivity contribution in [3.05, 3.63) is 47.0 Å². The number of nitrogen functional groups attached to an aromatic ring is 1. The van der Waals surface area contributed by atoms with Crippen molar-refractivity contribution in [1.29, 1.82) is 0 Å². The number of halogens is 1. The molecular formula is C16H20ClN3O. The highest BCUT2D eigenvalue weighted by molar-refractivity contribution is 6.31. The van der Waals surface area contributed by atoms with E-state index in [0.29, 0.717) is 24.0 Å². The molecule has 1 atom stereocenters. The van der Waals surface area contributed by atoms with Crippen LogP contribution in [0.1, 0.15) is 31.9 Å². The highest BCUT2D eigenvalue weighted by Gasteiger charge is 2.11. The van der Waals surface area contributed by atoms with Gasteiger partial charge in [-0.15, -0.1) is 0 Å². The van der Waals surface area contributed by atoms with Crippen molar-refractivity contribution < 1.29 is 4.74 Å². The van der Waals surface area contributed by atoms with E-state index < -0.39 is 0 Å². The van der Waals surface area contributed by atoms with Gasteiger partial charge in [0.25, 0.3) is 0 Å². The van der Waals surface area contributed by atoms with Gasteiger partial charge in [0.2, 0.25) is 5.88 Å². The number of aromatic nitrogens is 1. The highest BCUT2D eigenvalue weighted by Crippen LogP contribution is 2.27. The van der Waals surface area contributed by atoms with E-state index in [4.69, 9.17) is 22.1 Å². The lowest BCUT2D eigenvalue weighted by molar-refractivity contribution is 0.307. The predicted octanol–water partition coefficient (Wildman–Crippen LogP) is 4.28. The summed E-state index contributed by atoms with van der Waals surface area (Å²) in [5, 5.41) is 4.04. The summed E-state index contributed by atoms with van der Waals surface area (Å²) >= 11 is 6.21. The molecule has 0 radical (unpaired) electrons. The molecule has 5 heteroatoms. The van der Waals surface area contributed by atoms with Crippen LogP contribution in [0.15, 0.2) is 36.4 Å². The minimum atomic E-state index is 0.0360. The average molecular weight is 306 g/mol. The molecule has 0 spiro atoms. The largest absolute Gasteiger partial charge is 0.476 e. The summed E-state index contributed by atoms with van der Waals surface area (Å²) in [7, 11) is 0. The van der Waals surface area contributed by atoms with Crippen LogP contribution in [0.3, 0.4) is 0 Å². The Balaban J connectivity index is 2.14. The van der Waals surface area contributed by atoms with E-state index in [1.807, 2.05) is 44.2 Å². The number of anilines is 2. The number of hydrogen-bond donors (Lipinski definition) is 2. The van der Waals surface area contributed by atoms with E-state index in [9.17, 15) is 0 Å². The van der Waals surface area contributed by atoms with Gasteiger partial charge in [-0.2, -0.15) is 4.98 Å². The fraction of sp³-hybridized carbons (Fsp3) is 0.312. The van der Waals surface area contributed by atoms with Crippen molar-refractivity contribution >= 4 is 23.1 Å². The van der Waals surface area contributed by atoms with Gasteiger partial charge in [-0.1, -0.05) is 36.7 Å². The summed E-state index contributed by atoms with van der Waals surface area (Å²) in [5.74, 6) is 1.18. The Morgan fingerprint density at radius 2 is 2.05 bits per heavy atom. The molecule has 1 aromatic heterocycles. The fourth-order valence-electron chi connectivity index (χ4n) is 1.97. The Morgan fingerprint density at radius 3 is 2.76 bits per heavy atom. The molecule has 0 saturated carbocycles. The van der Waals surface area contributed by atoms with Gasteiger partial charge in [-0.05, 0) is 37.1 Å². The van der Waals surface area contributed by atoms with E-state index in [2.05, 4.69) is 10.3 Å². The molecule has 0 aliphatic heterocycles. The molecule has 0 aliphatic carbocycles. The number of hydrogen-bond acceptors (Lipinski definition) is 4. The minimum Gasteiger partial charge on any atom is -0.476 e. The molecule has 1 aromatic carbocycles. The van der Waals surface area contributed by atoms with Crippen molar-refractivity contribution in [3.8, 4) is 5.88 Å². The number of ether oxygens (including phenoxy) is 1. The lowest BCUT2D eigenvalue weighted by Gasteiger charge is -2.17. The van der Waals surface area contributed by atoms with Crippen molar-refractivity contribution in [2.45, 2.75) is 26.3 Å². The second-order valence-corrected chi connectivity index (χ2v) is 5.23. The molecule has 4 nitrogen and oxygen atoms in total. The van der Waals surface area contributed by atoms with Crippen LogP contribution in [0, 0.1) is 0 Å². The monoisotopic (exact) mass is 305 g/mol. The topological polar surface area (TPSA) is 60.2 Å². The zero-order chi connectivity index (χ0) is 15.2. The van der Waals surface area contributed by atoms with Gasteiger partial charge in [-0.25, -0.2) is 0 Å². The van der Waals surface area contributed by atoms with Crippen LogP contribution >= 0.6 is 11.6 Å². The number of benzene rings is 1. The predicted molar refractivity (Wildman–Crippen MR) is 87.9 cm³/mol. The van der Waals surface area contributed by atoms with E-state index in [1.54, 1.807) is 6.07 Å². The molecule has 112 valence electrons. The first-order valence-electron chi connectivity index (χ1n) is 7.02. The van der Waals surface area contributed by atoms with E-state index in [0.717, 1.165) is 17.0 Å². The van der Waals surface area contributed by atoms with Gasteiger partial charge in [0.1, 0.15) is 5.82 Å². The number of rotatable bonds is 6. The van der Waals surface area contributed by atoms with Crippen molar-refractivity contribution in [1.82, 2.24) is 4.98 Å². The summed E-state index contributed by atoms with van der Waals surface area (Å²) in [5.41, 5.74) is 7.42. The second-order valence-electron chi connectivity index (χ2n) is 4.83. The van der Waals surface area contributed by atoms with Crippen LogP contribution in [0.5, 0.6) is 5.88 Å². The van der Waals surface area contributed by atoms with E-state index in [-0.39, 0.29) is 6.04 Å². The molecule has 2 rings (SSSR count). The third kappa shape index (κ3) is 4.02. The normalized spacial score (nSPS) is 12.0. The number of nitrogens with two attached hydrogens (primary N) is 1. The van der Waals surface area contributed by atoms with Crippen molar-refractivity contribution in [2.75, 3.05) is 17.7 Å². The molecule has 0 amide bonds. The molecule has 1 unspecified atom stereocenters. The molecule has 1 heterocycles. The van der Waals surface area contributed by atoms with Crippen LogP contribution in [-0.2, 0) is 0 Å². The first kappa shape index (κ1) is 15.4. The highest BCUT2D eigenvalue weighted by atomic mass is 35.5. The summed E-state index contributed by atoms with van der Waals surface area (Å²) in [6, 6.07) is 11.4. The Kier molecular flexibility index (Phi) is 5.28. The zero-order valence-electron chi connectivity index (χ0n) is 12.3. The molecule has 2 aromatic rings. The smallest absolute Gasteiger partial charge is 0.239 e. The Hall–Kier alpha value is -1.94. The summed E-state index contributed by atoms with van der Waals surface area (Å²) in [4.78, 5) is 4.40. The Bertz CT molecular complexity index is 604. The molecule has 0 saturated heterocycles. The SMILES string of the molecule is CCCOc1nc(NC(C)c2ccccc2Cl)ccc1N. The average Bonchev–Trinajstić information content (AvgIpc) is 2.48. The summed E-state index contributed by atoms with van der Waals surface area (Å²) in [6.45, 7) is 4.67. The Labute approximate surface area is 130 Å². The molecule has 0 aliphatic rings. The van der Waals surface area contributed by atoms with Gasteiger partial charge in [0.15, 0.2) is 0 Å². The van der Waals surface area contributed by atoms with E-state index >= 15 is 0 Å². The number of pyridine rings is 1. The third-order valence-corrected chi connectivity index (χ3v) is 3.41. The van der Waals surface area contributed by atoms with Gasteiger partial charge in [-0.3, -0.25) is 0 Å². The first-order chi connectivity index (χ1) is 10.1. The van der Waals surface area contributed by atoms with Crippen LogP contribution in [-0.4, -0.2) is 11.6 Å². The second kappa shape index (κ2) is 7.18. The lowest BCUT2D eigenvalue weighted by atomic mass is 10.1. The summed E-state index contributed by atoms with van der Waals surface area (Å²) in [6.07, 6.45) is 0.912. The molecule has 0 bridgehead atoms. The minimum absolute atomic E-state index is 0.0360. The van der Waals surface area contributed by atoms with Gasteiger partial charge in [0, 0.05) is 5.02 Å². The standard InChI is InChI=1S/C16H20ClN3O/c1-3-10-21-16-14(18)8-9-15(20-16)19-11(2)12-6-4-5-7-13(12)17/h4-9,11H,3,10,18H2,1-2H3,(H,19,20). The molecule has 21 heavy (non-hydrogen) atoms. The quantitative estimate of drug-likeness (QED) is 0.836. The maximum Gasteiger partial charge on any atom is 0.239 e. The van der Waals surface area contributed by atoms with Crippen LogP contribution < -0.4 is 15.8 Å². The van der Waals surface area contributed by atoms with Crippen LogP contribution in [0.25, 0.3) is 0 Å². The summed E-state index contributed by atoms with van der Waals surface area (Å²) < 4.78 is 5.54. The third-order valence-electron chi connectivity index (χ3n) is 3.07. The first-order valence-corrected chi connectivity index (χ1v) is 7.40. The van der Waals surface area contributed by atoms with Gasteiger partial charge < -0.3 is 15.8 Å². The van der Waals surface area contributed by atoms with Crippen LogP contribution in [0.4, 0.5) is 11.5 Å². The lowest BCUT2D eigenvalue weighted by Crippen LogP contribution is -2.10. The number of nitrogens with zero attached hydrogens (tertiary/aromatic N) is 1. The zero-order valence-corrected chi connectivity index (χ0v) is 13.0. The molecular weight excluding hydrogens is 286 g/mol. The van der Waals surface area contributed by atoms with Crippen LogP contribution in [0.2, 0.25) is 5.02 Å². The van der Waals surface area contributed by atoms with Crippen molar-refractivity contribution in [3.63, 3.8) is 0 Å². The Morgan fingerprint density at radius 1 is 1.29 bits per heavy atom. The molecule has 3 N–H and O–H groups in total. The van der Waals surface area contributed by atoms with Crippen molar-refractivity contribution in [2.24, 2.45) is 0 Å². The van der Waals surface area contributed by atoms with Gasteiger partial charge in [0.05, 0.1) is 18.3 Å².